The molecular formula is C14H19N3O. The summed E-state index contributed by atoms with van der Waals surface area (Å²) < 4.78 is 1.88. The lowest BCUT2D eigenvalue weighted by Crippen LogP contribution is -2.18. The second-order valence-corrected chi connectivity index (χ2v) is 4.51. The van der Waals surface area contributed by atoms with Crippen LogP contribution < -0.4 is 5.32 Å². The number of aromatic hydroxyl groups is 1. The van der Waals surface area contributed by atoms with Crippen molar-refractivity contribution in [2.75, 3.05) is 6.54 Å². The third-order valence-corrected chi connectivity index (χ3v) is 3.03. The molecule has 0 aliphatic carbocycles. The van der Waals surface area contributed by atoms with Gasteiger partial charge in [-0.25, -0.2) is 0 Å². The van der Waals surface area contributed by atoms with Gasteiger partial charge in [0.05, 0.1) is 0 Å². The molecule has 4 nitrogen and oxygen atoms in total. The SMILES string of the molecule is Cc1ccc(O)c(CNCCc2ccnn2C)c1. The first-order chi connectivity index (χ1) is 8.66. The zero-order valence-corrected chi connectivity index (χ0v) is 10.8. The molecule has 0 unspecified atom stereocenters. The van der Waals surface area contributed by atoms with Crippen LogP contribution in [0.3, 0.4) is 0 Å². The van der Waals surface area contributed by atoms with Gasteiger partial charge in [-0.2, -0.15) is 5.10 Å². The van der Waals surface area contributed by atoms with Crippen LogP contribution in [0.2, 0.25) is 0 Å². The third kappa shape index (κ3) is 3.11. The first-order valence-corrected chi connectivity index (χ1v) is 6.13. The van der Waals surface area contributed by atoms with Gasteiger partial charge >= 0.3 is 0 Å². The summed E-state index contributed by atoms with van der Waals surface area (Å²) in [6.07, 6.45) is 2.74. The number of rotatable bonds is 5. The van der Waals surface area contributed by atoms with Crippen LogP contribution in [0.1, 0.15) is 16.8 Å². The van der Waals surface area contributed by atoms with Gasteiger partial charge in [0.1, 0.15) is 5.75 Å². The molecule has 0 radical (unpaired) electrons. The smallest absolute Gasteiger partial charge is 0.120 e. The van der Waals surface area contributed by atoms with E-state index in [4.69, 9.17) is 0 Å². The number of hydrogen-bond acceptors (Lipinski definition) is 3. The Morgan fingerprint density at radius 1 is 1.33 bits per heavy atom. The highest BCUT2D eigenvalue weighted by atomic mass is 16.3. The highest BCUT2D eigenvalue weighted by Gasteiger charge is 2.02. The first kappa shape index (κ1) is 12.6. The molecular weight excluding hydrogens is 226 g/mol. The van der Waals surface area contributed by atoms with Crippen molar-refractivity contribution in [3.63, 3.8) is 0 Å². The van der Waals surface area contributed by atoms with Crippen LogP contribution in [-0.2, 0) is 20.0 Å². The standard InChI is InChI=1S/C14H19N3O/c1-11-3-4-14(18)12(9-11)10-15-7-5-13-6-8-16-17(13)2/h3-4,6,8-9,15,18H,5,7,10H2,1-2H3. The fraction of sp³-hybridized carbons (Fsp3) is 0.357. The second-order valence-electron chi connectivity index (χ2n) is 4.51. The lowest BCUT2D eigenvalue weighted by Gasteiger charge is -2.08. The topological polar surface area (TPSA) is 50.1 Å². The van der Waals surface area contributed by atoms with Gasteiger partial charge in [-0.3, -0.25) is 4.68 Å². The number of aryl methyl sites for hydroxylation is 2. The van der Waals surface area contributed by atoms with E-state index in [2.05, 4.69) is 10.4 Å². The fourth-order valence-corrected chi connectivity index (χ4v) is 1.94. The molecule has 1 heterocycles. The zero-order valence-electron chi connectivity index (χ0n) is 10.8. The number of phenols is 1. The van der Waals surface area contributed by atoms with E-state index < -0.39 is 0 Å². The van der Waals surface area contributed by atoms with Crippen molar-refractivity contribution >= 4 is 0 Å². The molecule has 18 heavy (non-hydrogen) atoms. The van der Waals surface area contributed by atoms with Crippen molar-refractivity contribution in [2.24, 2.45) is 7.05 Å². The first-order valence-electron chi connectivity index (χ1n) is 6.13. The summed E-state index contributed by atoms with van der Waals surface area (Å²) in [5, 5.41) is 17.2. The van der Waals surface area contributed by atoms with Gasteiger partial charge in [0, 0.05) is 44.0 Å². The summed E-state index contributed by atoms with van der Waals surface area (Å²) in [7, 11) is 1.95. The Hall–Kier alpha value is -1.81. The van der Waals surface area contributed by atoms with Crippen LogP contribution >= 0.6 is 0 Å². The summed E-state index contributed by atoms with van der Waals surface area (Å²) in [4.78, 5) is 0. The van der Waals surface area contributed by atoms with E-state index in [-0.39, 0.29) is 0 Å². The molecule has 0 bridgehead atoms. The van der Waals surface area contributed by atoms with E-state index >= 15 is 0 Å². The van der Waals surface area contributed by atoms with Gasteiger partial charge < -0.3 is 10.4 Å². The predicted molar refractivity (Wildman–Crippen MR) is 71.5 cm³/mol. The molecule has 1 aromatic carbocycles. The summed E-state index contributed by atoms with van der Waals surface area (Å²) in [5.41, 5.74) is 3.31. The molecule has 1 aromatic heterocycles. The molecule has 0 spiro atoms. The van der Waals surface area contributed by atoms with Gasteiger partial charge in [-0.1, -0.05) is 17.7 Å². The molecule has 4 heteroatoms. The average molecular weight is 245 g/mol. The van der Waals surface area contributed by atoms with E-state index in [1.54, 1.807) is 6.07 Å². The highest BCUT2D eigenvalue weighted by molar-refractivity contribution is 5.35. The molecule has 0 saturated carbocycles. The van der Waals surface area contributed by atoms with Gasteiger partial charge in [0.15, 0.2) is 0 Å². The zero-order chi connectivity index (χ0) is 13.0. The molecule has 0 amide bonds. The van der Waals surface area contributed by atoms with Crippen LogP contribution in [0.4, 0.5) is 0 Å². The minimum atomic E-state index is 0.355. The summed E-state index contributed by atoms with van der Waals surface area (Å²) in [5.74, 6) is 0.355. The Balaban J connectivity index is 1.82. The molecule has 0 saturated heterocycles. The van der Waals surface area contributed by atoms with Crippen molar-refractivity contribution in [2.45, 2.75) is 19.9 Å². The maximum absolute atomic E-state index is 9.71. The van der Waals surface area contributed by atoms with Gasteiger partial charge in [-0.15, -0.1) is 0 Å². The van der Waals surface area contributed by atoms with Crippen molar-refractivity contribution in [1.82, 2.24) is 15.1 Å². The number of nitrogens with one attached hydrogen (secondary N) is 1. The minimum Gasteiger partial charge on any atom is -0.508 e. The molecule has 0 fully saturated rings. The van der Waals surface area contributed by atoms with Crippen LogP contribution in [0.25, 0.3) is 0 Å². The van der Waals surface area contributed by atoms with Crippen LogP contribution in [0, 0.1) is 6.92 Å². The lowest BCUT2D eigenvalue weighted by molar-refractivity contribution is 0.464. The van der Waals surface area contributed by atoms with Crippen LogP contribution in [0.15, 0.2) is 30.5 Å². The number of nitrogens with zero attached hydrogens (tertiary/aromatic N) is 2. The Morgan fingerprint density at radius 3 is 2.89 bits per heavy atom. The highest BCUT2D eigenvalue weighted by Crippen LogP contribution is 2.17. The maximum atomic E-state index is 9.71. The molecule has 0 atom stereocenters. The van der Waals surface area contributed by atoms with Crippen LogP contribution in [0.5, 0.6) is 5.75 Å². The van der Waals surface area contributed by atoms with E-state index in [9.17, 15) is 5.11 Å². The Bertz CT molecular complexity index is 520. The number of benzene rings is 1. The second kappa shape index (κ2) is 5.69. The summed E-state index contributed by atoms with van der Waals surface area (Å²) >= 11 is 0. The normalized spacial score (nSPS) is 10.8. The number of aromatic nitrogens is 2. The van der Waals surface area contributed by atoms with Crippen LogP contribution in [-0.4, -0.2) is 21.4 Å². The minimum absolute atomic E-state index is 0.355. The average Bonchev–Trinajstić information content (AvgIpc) is 2.75. The Labute approximate surface area is 107 Å². The van der Waals surface area contributed by atoms with Crippen molar-refractivity contribution in [1.29, 1.82) is 0 Å². The van der Waals surface area contributed by atoms with E-state index in [0.29, 0.717) is 12.3 Å². The summed E-state index contributed by atoms with van der Waals surface area (Å²) in [6, 6.07) is 7.68. The third-order valence-electron chi connectivity index (χ3n) is 3.03. The van der Waals surface area contributed by atoms with Gasteiger partial charge in [0.25, 0.3) is 0 Å². The Morgan fingerprint density at radius 2 is 2.17 bits per heavy atom. The largest absolute Gasteiger partial charge is 0.508 e. The van der Waals surface area contributed by atoms with Gasteiger partial charge in [-0.05, 0) is 19.1 Å². The van der Waals surface area contributed by atoms with E-state index in [0.717, 1.165) is 24.1 Å². The molecule has 96 valence electrons. The van der Waals surface area contributed by atoms with Crippen molar-refractivity contribution < 1.29 is 5.11 Å². The Kier molecular flexibility index (Phi) is 3.99. The molecule has 2 rings (SSSR count). The van der Waals surface area contributed by atoms with Crippen molar-refractivity contribution in [3.05, 3.63) is 47.3 Å². The predicted octanol–water partition coefficient (Wildman–Crippen LogP) is 1.77. The molecule has 2 aromatic rings. The monoisotopic (exact) mass is 245 g/mol. The number of hydrogen-bond donors (Lipinski definition) is 2. The maximum Gasteiger partial charge on any atom is 0.120 e. The van der Waals surface area contributed by atoms with Crippen molar-refractivity contribution in [3.8, 4) is 5.75 Å². The quantitative estimate of drug-likeness (QED) is 0.789. The lowest BCUT2D eigenvalue weighted by atomic mass is 10.1. The van der Waals surface area contributed by atoms with Gasteiger partial charge in [0.2, 0.25) is 0 Å². The number of phenolic OH excluding ortho intramolecular Hbond substituents is 1. The fourth-order valence-electron chi connectivity index (χ4n) is 1.94. The van der Waals surface area contributed by atoms with E-state index in [1.165, 1.54) is 5.69 Å². The van der Waals surface area contributed by atoms with E-state index in [1.807, 2.05) is 43.0 Å². The molecule has 0 aliphatic heterocycles. The molecule has 0 aliphatic rings. The summed E-state index contributed by atoms with van der Waals surface area (Å²) in [6.45, 7) is 3.58. The molecule has 2 N–H and O–H groups in total.